The van der Waals surface area contributed by atoms with Crippen molar-refractivity contribution in [2.75, 3.05) is 26.7 Å². The summed E-state index contributed by atoms with van der Waals surface area (Å²) in [5.74, 6) is 0.826. The average Bonchev–Trinajstić information content (AvgIpc) is 2.87. The summed E-state index contributed by atoms with van der Waals surface area (Å²) >= 11 is 0. The molecule has 0 amide bonds. The molecule has 96 valence electrons. The van der Waals surface area contributed by atoms with Gasteiger partial charge < -0.3 is 14.9 Å². The van der Waals surface area contributed by atoms with Gasteiger partial charge in [-0.3, -0.25) is 5.01 Å². The summed E-state index contributed by atoms with van der Waals surface area (Å²) in [6.45, 7) is 2.59. The van der Waals surface area contributed by atoms with Crippen LogP contribution in [0.15, 0.2) is 30.5 Å². The van der Waals surface area contributed by atoms with Gasteiger partial charge in [-0.25, -0.2) is 0 Å². The van der Waals surface area contributed by atoms with Crippen LogP contribution in [-0.4, -0.2) is 31.8 Å². The van der Waals surface area contributed by atoms with Crippen LogP contribution in [-0.2, 0) is 9.57 Å². The highest BCUT2D eigenvalue weighted by atomic mass is 16.7. The summed E-state index contributed by atoms with van der Waals surface area (Å²) in [6, 6.07) is 8.30. The second-order valence-electron chi connectivity index (χ2n) is 4.48. The number of hydrogen-bond donors (Lipinski definition) is 2. The third-order valence-corrected chi connectivity index (χ3v) is 3.11. The fourth-order valence-electron chi connectivity index (χ4n) is 2.12. The van der Waals surface area contributed by atoms with Gasteiger partial charge in [0, 0.05) is 25.7 Å². The quantitative estimate of drug-likeness (QED) is 0.817. The Labute approximate surface area is 106 Å². The third-order valence-electron chi connectivity index (χ3n) is 3.11. The molecule has 5 heteroatoms. The maximum atomic E-state index is 5.72. The Hall–Kier alpha value is -1.56. The van der Waals surface area contributed by atoms with E-state index in [4.69, 9.17) is 9.57 Å². The molecule has 2 aliphatic rings. The summed E-state index contributed by atoms with van der Waals surface area (Å²) in [7, 11) is 1.89. The van der Waals surface area contributed by atoms with Gasteiger partial charge in [0.1, 0.15) is 0 Å². The Balaban J connectivity index is 1.74. The number of hydrazine groups is 1. The molecule has 2 aliphatic heterocycles. The van der Waals surface area contributed by atoms with Crippen molar-refractivity contribution in [3.63, 3.8) is 0 Å². The molecule has 5 nitrogen and oxygen atoms in total. The molecule has 1 saturated heterocycles. The summed E-state index contributed by atoms with van der Waals surface area (Å²) < 4.78 is 5.72. The molecule has 0 unspecified atom stereocenters. The summed E-state index contributed by atoms with van der Waals surface area (Å²) in [5, 5.41) is 5.11. The fourth-order valence-corrected chi connectivity index (χ4v) is 2.12. The zero-order valence-electron chi connectivity index (χ0n) is 10.3. The largest absolute Gasteiger partial charge is 0.387 e. The van der Waals surface area contributed by atoms with E-state index in [9.17, 15) is 0 Å². The molecule has 0 radical (unpaired) electrons. The van der Waals surface area contributed by atoms with Gasteiger partial charge in [0.15, 0.2) is 5.76 Å². The van der Waals surface area contributed by atoms with Gasteiger partial charge in [-0.2, -0.15) is 0 Å². The molecule has 2 N–H and O–H groups in total. The van der Waals surface area contributed by atoms with Crippen LogP contribution in [0.4, 0.5) is 0 Å². The molecule has 3 rings (SSSR count). The topological polar surface area (TPSA) is 45.8 Å². The highest BCUT2D eigenvalue weighted by molar-refractivity contribution is 5.60. The molecule has 0 saturated carbocycles. The smallest absolute Gasteiger partial charge is 0.174 e. The van der Waals surface area contributed by atoms with E-state index < -0.39 is 0 Å². The predicted molar refractivity (Wildman–Crippen MR) is 68.0 cm³/mol. The van der Waals surface area contributed by atoms with E-state index in [-0.39, 0.29) is 6.10 Å². The minimum Gasteiger partial charge on any atom is -0.387 e. The first-order valence-electron chi connectivity index (χ1n) is 6.13. The number of hydrogen-bond acceptors (Lipinski definition) is 5. The second-order valence-corrected chi connectivity index (χ2v) is 4.48. The standard InChI is InChI=1S/C13H17N3O2/c1-16-9-13(18-15-16)11-4-2-10(3-5-11)12-8-14-6-7-17-12/h2-5,9,12,14-15H,6-8H2,1H3/t12-/m1/s1. The molecule has 0 aromatic heterocycles. The maximum absolute atomic E-state index is 5.72. The van der Waals surface area contributed by atoms with Crippen molar-refractivity contribution in [3.8, 4) is 0 Å². The van der Waals surface area contributed by atoms with E-state index in [1.807, 2.05) is 13.2 Å². The van der Waals surface area contributed by atoms with Gasteiger partial charge in [0.05, 0.1) is 18.9 Å². The summed E-state index contributed by atoms with van der Waals surface area (Å²) in [6.07, 6.45) is 2.07. The van der Waals surface area contributed by atoms with Gasteiger partial charge in [0.2, 0.25) is 0 Å². The molecule has 2 heterocycles. The minimum absolute atomic E-state index is 0.159. The zero-order valence-corrected chi connectivity index (χ0v) is 10.3. The van der Waals surface area contributed by atoms with Gasteiger partial charge in [-0.05, 0) is 5.56 Å². The second kappa shape index (κ2) is 4.97. The molecule has 1 fully saturated rings. The number of nitrogens with one attached hydrogen (secondary N) is 2. The van der Waals surface area contributed by atoms with Crippen LogP contribution in [0.2, 0.25) is 0 Å². The van der Waals surface area contributed by atoms with Crippen molar-refractivity contribution in [1.29, 1.82) is 0 Å². The van der Waals surface area contributed by atoms with E-state index in [1.54, 1.807) is 5.01 Å². The lowest BCUT2D eigenvalue weighted by Crippen LogP contribution is -2.33. The van der Waals surface area contributed by atoms with Crippen LogP contribution in [0.1, 0.15) is 17.2 Å². The van der Waals surface area contributed by atoms with Crippen LogP contribution in [0, 0.1) is 0 Å². The van der Waals surface area contributed by atoms with E-state index >= 15 is 0 Å². The first-order chi connectivity index (χ1) is 8.83. The molecular formula is C13H17N3O2. The number of nitrogens with zero attached hydrogens (tertiary/aromatic N) is 1. The molecule has 0 bridgehead atoms. The highest BCUT2D eigenvalue weighted by Gasteiger charge is 2.17. The normalized spacial score (nSPS) is 23.7. The predicted octanol–water partition coefficient (Wildman–Crippen LogP) is 1.03. The number of benzene rings is 1. The molecular weight excluding hydrogens is 230 g/mol. The highest BCUT2D eigenvalue weighted by Crippen LogP contribution is 2.23. The Morgan fingerprint density at radius 2 is 2.11 bits per heavy atom. The molecule has 18 heavy (non-hydrogen) atoms. The van der Waals surface area contributed by atoms with Gasteiger partial charge >= 0.3 is 0 Å². The van der Waals surface area contributed by atoms with Crippen molar-refractivity contribution in [2.24, 2.45) is 0 Å². The third kappa shape index (κ3) is 2.33. The van der Waals surface area contributed by atoms with Crippen molar-refractivity contribution in [1.82, 2.24) is 15.9 Å². The van der Waals surface area contributed by atoms with Gasteiger partial charge in [-0.15, -0.1) is 0 Å². The van der Waals surface area contributed by atoms with Crippen molar-refractivity contribution in [2.45, 2.75) is 6.10 Å². The van der Waals surface area contributed by atoms with Crippen LogP contribution in [0.25, 0.3) is 5.76 Å². The Bertz CT molecular complexity index is 438. The lowest BCUT2D eigenvalue weighted by molar-refractivity contribution is 0.0277. The lowest BCUT2D eigenvalue weighted by Gasteiger charge is -2.24. The first-order valence-corrected chi connectivity index (χ1v) is 6.13. The van der Waals surface area contributed by atoms with Crippen LogP contribution in [0.3, 0.4) is 0 Å². The zero-order chi connectivity index (χ0) is 12.4. The maximum Gasteiger partial charge on any atom is 0.174 e. The Kier molecular flexibility index (Phi) is 3.19. The van der Waals surface area contributed by atoms with Crippen molar-refractivity contribution < 1.29 is 9.57 Å². The number of rotatable bonds is 2. The molecule has 1 aromatic rings. The van der Waals surface area contributed by atoms with E-state index in [0.29, 0.717) is 0 Å². The minimum atomic E-state index is 0.159. The van der Waals surface area contributed by atoms with E-state index in [2.05, 4.69) is 35.2 Å². The Morgan fingerprint density at radius 1 is 1.28 bits per heavy atom. The van der Waals surface area contributed by atoms with Gasteiger partial charge in [0.25, 0.3) is 0 Å². The van der Waals surface area contributed by atoms with Crippen LogP contribution in [0.5, 0.6) is 0 Å². The summed E-state index contributed by atoms with van der Waals surface area (Å²) in [5.41, 5.74) is 5.01. The van der Waals surface area contributed by atoms with Crippen LogP contribution < -0.4 is 10.9 Å². The number of ether oxygens (including phenoxy) is 1. The molecule has 0 spiro atoms. The molecule has 0 aliphatic carbocycles. The fraction of sp³-hybridized carbons (Fsp3) is 0.385. The SMILES string of the molecule is CN1C=C(c2ccc([C@H]3CNCCO3)cc2)ON1. The van der Waals surface area contributed by atoms with Gasteiger partial charge in [-0.1, -0.05) is 29.9 Å². The van der Waals surface area contributed by atoms with Crippen molar-refractivity contribution >= 4 is 5.76 Å². The van der Waals surface area contributed by atoms with E-state index in [0.717, 1.165) is 31.0 Å². The first kappa shape index (κ1) is 11.5. The average molecular weight is 247 g/mol. The molecule has 1 aromatic carbocycles. The van der Waals surface area contributed by atoms with E-state index in [1.165, 1.54) is 5.56 Å². The Morgan fingerprint density at radius 3 is 2.72 bits per heavy atom. The summed E-state index contributed by atoms with van der Waals surface area (Å²) in [4.78, 5) is 5.33. The monoisotopic (exact) mass is 247 g/mol. The number of morpholine rings is 1. The van der Waals surface area contributed by atoms with Crippen LogP contribution >= 0.6 is 0 Å². The molecule has 1 atom stereocenters. The van der Waals surface area contributed by atoms with Crippen molar-refractivity contribution in [3.05, 3.63) is 41.6 Å². The lowest BCUT2D eigenvalue weighted by atomic mass is 10.1.